The average molecular weight is 332 g/mol. The van der Waals surface area contributed by atoms with E-state index in [0.29, 0.717) is 22.1 Å². The van der Waals surface area contributed by atoms with E-state index in [-0.39, 0.29) is 18.2 Å². The van der Waals surface area contributed by atoms with Gasteiger partial charge in [-0.1, -0.05) is 11.6 Å². The summed E-state index contributed by atoms with van der Waals surface area (Å²) in [7, 11) is 0. The molecule has 2 amide bonds. The topological polar surface area (TPSA) is 96.3 Å². The predicted octanol–water partition coefficient (Wildman–Crippen LogP) is 2.26. The van der Waals surface area contributed by atoms with Crippen molar-refractivity contribution in [3.05, 3.63) is 53.4 Å². The van der Waals surface area contributed by atoms with Gasteiger partial charge in [0, 0.05) is 29.9 Å². The van der Waals surface area contributed by atoms with E-state index < -0.39 is 0 Å². The summed E-state index contributed by atoms with van der Waals surface area (Å²) in [6, 6.07) is 6.36. The Balaban J connectivity index is 1.85. The maximum atomic E-state index is 11.8. The summed E-state index contributed by atoms with van der Waals surface area (Å²) < 4.78 is 0. The van der Waals surface area contributed by atoms with Crippen LogP contribution in [0.15, 0.2) is 48.0 Å². The van der Waals surface area contributed by atoms with E-state index in [1.807, 2.05) is 0 Å². The summed E-state index contributed by atoms with van der Waals surface area (Å²) in [5.41, 5.74) is 3.28. The Kier molecular flexibility index (Phi) is 5.76. The van der Waals surface area contributed by atoms with Crippen LogP contribution in [0.25, 0.3) is 0 Å². The molecule has 2 rings (SSSR count). The van der Waals surface area contributed by atoms with Crippen molar-refractivity contribution in [3.8, 4) is 0 Å². The van der Waals surface area contributed by atoms with Crippen LogP contribution in [0.4, 0.5) is 5.82 Å². The SMILES string of the molecule is C/C(CC(=O)Nc1ccc(Cl)cn1)=N\NC(=O)c1ccncc1. The van der Waals surface area contributed by atoms with Gasteiger partial charge in [0.15, 0.2) is 0 Å². The van der Waals surface area contributed by atoms with Gasteiger partial charge in [-0.25, -0.2) is 10.4 Å². The molecule has 7 nitrogen and oxygen atoms in total. The fourth-order valence-electron chi connectivity index (χ4n) is 1.62. The molecule has 0 aliphatic heterocycles. The minimum Gasteiger partial charge on any atom is -0.310 e. The fourth-order valence-corrected chi connectivity index (χ4v) is 1.73. The molecule has 0 aliphatic carbocycles. The molecule has 0 radical (unpaired) electrons. The summed E-state index contributed by atoms with van der Waals surface area (Å²) >= 11 is 5.72. The van der Waals surface area contributed by atoms with E-state index in [9.17, 15) is 9.59 Å². The lowest BCUT2D eigenvalue weighted by Gasteiger charge is -2.05. The standard InChI is InChI=1S/C15H14ClN5O2/c1-10(20-21-15(23)11-4-6-17-7-5-11)8-14(22)19-13-3-2-12(16)9-18-13/h2-7,9H,8H2,1H3,(H,21,23)(H,18,19,22)/b20-10+. The van der Waals surface area contributed by atoms with Crippen molar-refractivity contribution >= 4 is 34.9 Å². The number of pyridine rings is 2. The summed E-state index contributed by atoms with van der Waals surface area (Å²) in [4.78, 5) is 31.4. The van der Waals surface area contributed by atoms with Crippen molar-refractivity contribution in [2.45, 2.75) is 13.3 Å². The van der Waals surface area contributed by atoms with Crippen molar-refractivity contribution in [1.29, 1.82) is 0 Å². The van der Waals surface area contributed by atoms with Gasteiger partial charge in [0.05, 0.1) is 11.4 Å². The third-order valence-electron chi connectivity index (χ3n) is 2.70. The van der Waals surface area contributed by atoms with Gasteiger partial charge in [-0.3, -0.25) is 14.6 Å². The Labute approximate surface area is 137 Å². The van der Waals surface area contributed by atoms with Crippen molar-refractivity contribution in [2.75, 3.05) is 5.32 Å². The molecule has 0 saturated carbocycles. The molecule has 0 unspecified atom stereocenters. The summed E-state index contributed by atoms with van der Waals surface area (Å²) in [6.45, 7) is 1.64. The summed E-state index contributed by atoms with van der Waals surface area (Å²) in [5.74, 6) is -0.265. The van der Waals surface area contributed by atoms with Crippen molar-refractivity contribution in [3.63, 3.8) is 0 Å². The molecular weight excluding hydrogens is 318 g/mol. The molecule has 2 N–H and O–H groups in total. The first-order valence-electron chi connectivity index (χ1n) is 6.69. The summed E-state index contributed by atoms with van der Waals surface area (Å²) in [6.07, 6.45) is 4.49. The molecule has 0 aromatic carbocycles. The van der Waals surface area contributed by atoms with Gasteiger partial charge in [0.25, 0.3) is 5.91 Å². The van der Waals surface area contributed by atoms with Gasteiger partial charge < -0.3 is 5.32 Å². The van der Waals surface area contributed by atoms with E-state index in [2.05, 4.69) is 25.8 Å². The lowest BCUT2D eigenvalue weighted by molar-refractivity contribution is -0.115. The number of carbonyl (C=O) groups excluding carboxylic acids is 2. The Morgan fingerprint density at radius 1 is 1.22 bits per heavy atom. The lowest BCUT2D eigenvalue weighted by atomic mass is 10.2. The smallest absolute Gasteiger partial charge is 0.271 e. The number of hydrogen-bond donors (Lipinski definition) is 2. The lowest BCUT2D eigenvalue weighted by Crippen LogP contribution is -2.21. The molecule has 0 fully saturated rings. The number of halogens is 1. The first-order valence-corrected chi connectivity index (χ1v) is 7.07. The highest BCUT2D eigenvalue weighted by Crippen LogP contribution is 2.09. The molecule has 0 bridgehead atoms. The van der Waals surface area contributed by atoms with Gasteiger partial charge in [-0.15, -0.1) is 0 Å². The maximum Gasteiger partial charge on any atom is 0.271 e. The number of hydrazone groups is 1. The normalized spacial score (nSPS) is 11.0. The number of amides is 2. The zero-order valence-electron chi connectivity index (χ0n) is 12.3. The summed E-state index contributed by atoms with van der Waals surface area (Å²) in [5, 5.41) is 6.99. The Bertz CT molecular complexity index is 716. The highest BCUT2D eigenvalue weighted by atomic mass is 35.5. The number of nitrogens with zero attached hydrogens (tertiary/aromatic N) is 3. The van der Waals surface area contributed by atoms with Gasteiger partial charge in [0.2, 0.25) is 5.91 Å². The number of rotatable bonds is 5. The van der Waals surface area contributed by atoms with E-state index in [1.54, 1.807) is 31.2 Å². The van der Waals surface area contributed by atoms with Crippen LogP contribution < -0.4 is 10.7 Å². The largest absolute Gasteiger partial charge is 0.310 e. The van der Waals surface area contributed by atoms with E-state index in [1.165, 1.54) is 18.6 Å². The third-order valence-corrected chi connectivity index (χ3v) is 2.93. The zero-order chi connectivity index (χ0) is 16.7. The van der Waals surface area contributed by atoms with Crippen LogP contribution in [-0.2, 0) is 4.79 Å². The fraction of sp³-hybridized carbons (Fsp3) is 0.133. The molecule has 0 saturated heterocycles. The minimum absolute atomic E-state index is 0.0287. The molecule has 2 aromatic rings. The van der Waals surface area contributed by atoms with Crippen LogP contribution in [0, 0.1) is 0 Å². The molecular formula is C15H14ClN5O2. The molecule has 2 heterocycles. The van der Waals surface area contributed by atoms with Gasteiger partial charge in [-0.2, -0.15) is 5.10 Å². The van der Waals surface area contributed by atoms with Gasteiger partial charge in [-0.05, 0) is 31.2 Å². The molecule has 23 heavy (non-hydrogen) atoms. The zero-order valence-corrected chi connectivity index (χ0v) is 13.0. The molecule has 0 aliphatic rings. The van der Waals surface area contributed by atoms with Gasteiger partial charge >= 0.3 is 0 Å². The number of aromatic nitrogens is 2. The second kappa shape index (κ2) is 8.00. The molecule has 0 atom stereocenters. The van der Waals surface area contributed by atoms with Crippen LogP contribution in [0.5, 0.6) is 0 Å². The van der Waals surface area contributed by atoms with Crippen molar-refractivity contribution in [2.24, 2.45) is 5.10 Å². The molecule has 0 spiro atoms. The highest BCUT2D eigenvalue weighted by molar-refractivity contribution is 6.30. The number of anilines is 1. The second-order valence-corrected chi connectivity index (χ2v) is 5.05. The third kappa shape index (κ3) is 5.48. The van der Waals surface area contributed by atoms with E-state index in [0.717, 1.165) is 0 Å². The Morgan fingerprint density at radius 2 is 1.96 bits per heavy atom. The first-order chi connectivity index (χ1) is 11.0. The van der Waals surface area contributed by atoms with Crippen LogP contribution >= 0.6 is 11.6 Å². The average Bonchev–Trinajstić information content (AvgIpc) is 2.55. The molecule has 118 valence electrons. The van der Waals surface area contributed by atoms with Crippen LogP contribution in [0.1, 0.15) is 23.7 Å². The second-order valence-electron chi connectivity index (χ2n) is 4.61. The van der Waals surface area contributed by atoms with Gasteiger partial charge in [0.1, 0.15) is 5.82 Å². The van der Waals surface area contributed by atoms with Crippen LogP contribution in [0.3, 0.4) is 0 Å². The maximum absolute atomic E-state index is 11.8. The minimum atomic E-state index is -0.369. The number of nitrogens with one attached hydrogen (secondary N) is 2. The monoisotopic (exact) mass is 331 g/mol. The van der Waals surface area contributed by atoms with Crippen molar-refractivity contribution in [1.82, 2.24) is 15.4 Å². The van der Waals surface area contributed by atoms with Crippen molar-refractivity contribution < 1.29 is 9.59 Å². The predicted molar refractivity (Wildman–Crippen MR) is 87.3 cm³/mol. The number of carbonyl (C=O) groups is 2. The number of hydrogen-bond acceptors (Lipinski definition) is 5. The Hall–Kier alpha value is -2.80. The Morgan fingerprint density at radius 3 is 2.61 bits per heavy atom. The van der Waals surface area contributed by atoms with Crippen LogP contribution in [-0.4, -0.2) is 27.5 Å². The highest BCUT2D eigenvalue weighted by Gasteiger charge is 2.07. The van der Waals surface area contributed by atoms with Crippen LogP contribution in [0.2, 0.25) is 5.02 Å². The molecule has 2 aromatic heterocycles. The van der Waals surface area contributed by atoms with E-state index >= 15 is 0 Å². The van der Waals surface area contributed by atoms with E-state index in [4.69, 9.17) is 11.6 Å². The quantitative estimate of drug-likeness (QED) is 0.648. The first kappa shape index (κ1) is 16.6. The molecule has 8 heteroatoms.